The number of nitrogens with one attached hydrogen (secondary N) is 1. The number of carbonyl (C=O) groups excluding carboxylic acids is 1. The van der Waals surface area contributed by atoms with Crippen molar-refractivity contribution in [1.29, 1.82) is 0 Å². The highest BCUT2D eigenvalue weighted by molar-refractivity contribution is 6.30. The number of nitrogens with zero attached hydrogens (tertiary/aromatic N) is 1. The lowest BCUT2D eigenvalue weighted by atomic mass is 10.1. The zero-order valence-corrected chi connectivity index (χ0v) is 14.2. The van der Waals surface area contributed by atoms with Gasteiger partial charge >= 0.3 is 5.63 Å². The number of rotatable bonds is 5. The predicted octanol–water partition coefficient (Wildman–Crippen LogP) is 3.33. The number of benzene rings is 2. The molecular formula is C18H13ClN2O5. The number of carbonyl (C=O) groups is 1. The van der Waals surface area contributed by atoms with Gasteiger partial charge in [-0.1, -0.05) is 23.7 Å². The molecule has 0 bridgehead atoms. The van der Waals surface area contributed by atoms with Crippen molar-refractivity contribution in [2.45, 2.75) is 6.42 Å². The predicted molar refractivity (Wildman–Crippen MR) is 96.6 cm³/mol. The second kappa shape index (κ2) is 7.37. The highest BCUT2D eigenvalue weighted by Gasteiger charge is 2.15. The third kappa shape index (κ3) is 3.89. The number of fused-ring (bicyclic) bond motifs is 1. The second-order valence-corrected chi connectivity index (χ2v) is 6.00. The Bertz CT molecular complexity index is 1040. The lowest BCUT2D eigenvalue weighted by molar-refractivity contribution is -0.384. The molecule has 26 heavy (non-hydrogen) atoms. The molecule has 0 aliphatic rings. The van der Waals surface area contributed by atoms with E-state index in [0.29, 0.717) is 23.4 Å². The molecule has 0 fully saturated rings. The van der Waals surface area contributed by atoms with Crippen LogP contribution in [0.25, 0.3) is 11.0 Å². The van der Waals surface area contributed by atoms with Gasteiger partial charge in [-0.15, -0.1) is 0 Å². The molecule has 0 spiro atoms. The molecule has 0 saturated heterocycles. The third-order valence-corrected chi connectivity index (χ3v) is 4.04. The van der Waals surface area contributed by atoms with E-state index >= 15 is 0 Å². The lowest BCUT2D eigenvalue weighted by Gasteiger charge is -2.06. The highest BCUT2D eigenvalue weighted by Crippen LogP contribution is 2.20. The molecule has 0 atom stereocenters. The molecule has 3 aromatic rings. The maximum absolute atomic E-state index is 12.2. The van der Waals surface area contributed by atoms with Crippen molar-refractivity contribution in [3.63, 3.8) is 0 Å². The van der Waals surface area contributed by atoms with Crippen molar-refractivity contribution in [2.75, 3.05) is 6.54 Å². The van der Waals surface area contributed by atoms with Crippen LogP contribution in [-0.4, -0.2) is 17.4 Å². The zero-order chi connectivity index (χ0) is 18.7. The van der Waals surface area contributed by atoms with Gasteiger partial charge in [-0.3, -0.25) is 14.9 Å². The van der Waals surface area contributed by atoms with Gasteiger partial charge in [0.15, 0.2) is 0 Å². The fourth-order valence-corrected chi connectivity index (χ4v) is 2.58. The fourth-order valence-electron chi connectivity index (χ4n) is 2.45. The molecule has 1 amide bonds. The fraction of sp³-hybridized carbons (Fsp3) is 0.111. The number of halogens is 1. The summed E-state index contributed by atoms with van der Waals surface area (Å²) in [5, 5.41) is 14.4. The smallest absolute Gasteiger partial charge is 0.349 e. The molecule has 132 valence electrons. The molecule has 2 aromatic carbocycles. The minimum Gasteiger partial charge on any atom is -0.422 e. The minimum atomic E-state index is -0.796. The topological polar surface area (TPSA) is 102 Å². The van der Waals surface area contributed by atoms with Crippen molar-refractivity contribution in [1.82, 2.24) is 5.32 Å². The third-order valence-electron chi connectivity index (χ3n) is 3.78. The molecule has 3 rings (SSSR count). The lowest BCUT2D eigenvalue weighted by Crippen LogP contribution is -2.29. The minimum absolute atomic E-state index is 0.152. The van der Waals surface area contributed by atoms with Crippen molar-refractivity contribution in [2.24, 2.45) is 0 Å². The zero-order valence-electron chi connectivity index (χ0n) is 13.4. The van der Waals surface area contributed by atoms with Crippen LogP contribution in [0.4, 0.5) is 5.69 Å². The second-order valence-electron chi connectivity index (χ2n) is 5.56. The molecule has 8 heteroatoms. The molecule has 1 N–H and O–H groups in total. The first kappa shape index (κ1) is 17.6. The molecule has 7 nitrogen and oxygen atoms in total. The average Bonchev–Trinajstić information content (AvgIpc) is 2.62. The normalized spacial score (nSPS) is 10.7. The number of nitro benzene ring substituents is 1. The standard InChI is InChI=1S/C18H13ClN2O5/c19-13-3-1-11(2-4-13)7-8-20-17(22)15-10-12-9-14(21(24)25)5-6-16(12)26-18(15)23/h1-6,9-10H,7-8H2,(H,20,22). The Labute approximate surface area is 152 Å². The van der Waals surface area contributed by atoms with Crippen LogP contribution in [0.15, 0.2) is 57.7 Å². The van der Waals surface area contributed by atoms with E-state index in [4.69, 9.17) is 16.0 Å². The number of hydrogen-bond donors (Lipinski definition) is 1. The Morgan fingerprint density at radius 1 is 1.15 bits per heavy atom. The first-order valence-electron chi connectivity index (χ1n) is 7.69. The summed E-state index contributed by atoms with van der Waals surface area (Å²) in [4.78, 5) is 34.5. The van der Waals surface area contributed by atoms with Crippen molar-refractivity contribution < 1.29 is 14.1 Å². The van der Waals surface area contributed by atoms with Crippen molar-refractivity contribution in [3.8, 4) is 0 Å². The van der Waals surface area contributed by atoms with Gasteiger partial charge in [-0.25, -0.2) is 4.79 Å². The first-order chi connectivity index (χ1) is 12.4. The van der Waals surface area contributed by atoms with Gasteiger partial charge in [0.2, 0.25) is 0 Å². The van der Waals surface area contributed by atoms with Crippen LogP contribution in [0, 0.1) is 10.1 Å². The number of non-ortho nitro benzene ring substituents is 1. The monoisotopic (exact) mass is 372 g/mol. The Morgan fingerprint density at radius 2 is 1.88 bits per heavy atom. The largest absolute Gasteiger partial charge is 0.422 e. The van der Waals surface area contributed by atoms with E-state index in [1.165, 1.54) is 24.3 Å². The summed E-state index contributed by atoms with van der Waals surface area (Å²) in [5.74, 6) is -0.596. The molecule has 0 aliphatic carbocycles. The van der Waals surface area contributed by atoms with Crippen LogP contribution in [0.1, 0.15) is 15.9 Å². The molecular weight excluding hydrogens is 360 g/mol. The summed E-state index contributed by atoms with van der Waals surface area (Å²) < 4.78 is 5.07. The van der Waals surface area contributed by atoms with Crippen LogP contribution in [0.2, 0.25) is 5.02 Å². The summed E-state index contributed by atoms with van der Waals surface area (Å²) in [7, 11) is 0. The molecule has 1 heterocycles. The van der Waals surface area contributed by atoms with E-state index in [1.807, 2.05) is 12.1 Å². The van der Waals surface area contributed by atoms with Gasteiger partial charge in [-0.05, 0) is 36.2 Å². The van der Waals surface area contributed by atoms with Crippen LogP contribution >= 0.6 is 11.6 Å². The van der Waals surface area contributed by atoms with Crippen LogP contribution in [0.5, 0.6) is 0 Å². The van der Waals surface area contributed by atoms with E-state index in [2.05, 4.69) is 5.32 Å². The maximum Gasteiger partial charge on any atom is 0.349 e. The summed E-state index contributed by atoms with van der Waals surface area (Å²) >= 11 is 5.81. The van der Waals surface area contributed by atoms with Crippen molar-refractivity contribution >= 4 is 34.2 Å². The molecule has 0 saturated carbocycles. The number of amides is 1. The molecule has 0 aliphatic heterocycles. The van der Waals surface area contributed by atoms with Gasteiger partial charge in [0.1, 0.15) is 11.1 Å². The molecule has 1 aromatic heterocycles. The SMILES string of the molecule is O=C(NCCc1ccc(Cl)cc1)c1cc2cc([N+](=O)[O-])ccc2oc1=O. The average molecular weight is 373 g/mol. The van der Waals surface area contributed by atoms with E-state index in [-0.39, 0.29) is 16.8 Å². The van der Waals surface area contributed by atoms with E-state index < -0.39 is 16.5 Å². The molecule has 0 radical (unpaired) electrons. The van der Waals surface area contributed by atoms with Crippen molar-refractivity contribution in [3.05, 3.63) is 85.2 Å². The summed E-state index contributed by atoms with van der Waals surface area (Å²) in [6.07, 6.45) is 0.563. The van der Waals surface area contributed by atoms with Gasteiger partial charge in [0, 0.05) is 29.1 Å². The van der Waals surface area contributed by atoms with Crippen LogP contribution in [-0.2, 0) is 6.42 Å². The summed E-state index contributed by atoms with van der Waals surface area (Å²) in [6, 6.07) is 12.3. The Balaban J connectivity index is 1.76. The van der Waals surface area contributed by atoms with Gasteiger partial charge in [-0.2, -0.15) is 0 Å². The van der Waals surface area contributed by atoms with Gasteiger partial charge < -0.3 is 9.73 Å². The van der Waals surface area contributed by atoms with E-state index in [9.17, 15) is 19.7 Å². The Hall–Kier alpha value is -3.19. The first-order valence-corrected chi connectivity index (χ1v) is 8.07. The van der Waals surface area contributed by atoms with E-state index in [1.54, 1.807) is 12.1 Å². The summed E-state index contributed by atoms with van der Waals surface area (Å²) in [5.41, 5.74) is 0.0130. The Morgan fingerprint density at radius 3 is 2.58 bits per heavy atom. The van der Waals surface area contributed by atoms with Gasteiger partial charge in [0.05, 0.1) is 4.92 Å². The van der Waals surface area contributed by atoms with E-state index in [0.717, 1.165) is 5.56 Å². The van der Waals surface area contributed by atoms with Gasteiger partial charge in [0.25, 0.3) is 11.6 Å². The highest BCUT2D eigenvalue weighted by atomic mass is 35.5. The molecule has 0 unspecified atom stereocenters. The van der Waals surface area contributed by atoms with Crippen LogP contribution < -0.4 is 10.9 Å². The van der Waals surface area contributed by atoms with Crippen LogP contribution in [0.3, 0.4) is 0 Å². The maximum atomic E-state index is 12.2. The number of nitro groups is 1. The summed E-state index contributed by atoms with van der Waals surface area (Å²) in [6.45, 7) is 0.312. The number of hydrogen-bond acceptors (Lipinski definition) is 5. The quantitative estimate of drug-likeness (QED) is 0.420. The Kier molecular flexibility index (Phi) is 4.99.